The third-order valence-corrected chi connectivity index (χ3v) is 5.37. The molecule has 32 heavy (non-hydrogen) atoms. The standard InChI is InChI=1S/C25H25F2N5/c1-24(2,3)23-28-15-32(31-23)22-11-7-10-21(30-22)25(4,5)20-9-6-8-19(29-20)17-13-12-16(26)14-18(17)27/h6-15H,1-5H3. The number of hydrogen-bond donors (Lipinski definition) is 0. The second-order valence-corrected chi connectivity index (χ2v) is 9.30. The zero-order valence-corrected chi connectivity index (χ0v) is 18.8. The van der Waals surface area contributed by atoms with Gasteiger partial charge in [0.15, 0.2) is 11.6 Å². The number of rotatable bonds is 4. The van der Waals surface area contributed by atoms with E-state index in [2.05, 4.69) is 35.8 Å². The van der Waals surface area contributed by atoms with E-state index in [0.29, 0.717) is 11.5 Å². The SMILES string of the molecule is CC(C)(C)c1ncn(-c2cccc(C(C)(C)c3cccc(-c4ccc(F)cc4F)n3)n2)n1. The van der Waals surface area contributed by atoms with Gasteiger partial charge in [-0.25, -0.2) is 23.4 Å². The smallest absolute Gasteiger partial charge is 0.156 e. The summed E-state index contributed by atoms with van der Waals surface area (Å²) in [7, 11) is 0. The van der Waals surface area contributed by atoms with Gasteiger partial charge in [0.2, 0.25) is 0 Å². The minimum absolute atomic E-state index is 0.165. The van der Waals surface area contributed by atoms with Gasteiger partial charge < -0.3 is 0 Å². The van der Waals surface area contributed by atoms with Gasteiger partial charge >= 0.3 is 0 Å². The molecule has 0 fully saturated rings. The summed E-state index contributed by atoms with van der Waals surface area (Å²) in [5.74, 6) is 0.124. The lowest BCUT2D eigenvalue weighted by atomic mass is 9.84. The van der Waals surface area contributed by atoms with Gasteiger partial charge in [-0.3, -0.25) is 4.98 Å². The van der Waals surface area contributed by atoms with Crippen molar-refractivity contribution in [1.82, 2.24) is 24.7 Å². The maximum Gasteiger partial charge on any atom is 0.156 e. The molecule has 164 valence electrons. The summed E-state index contributed by atoms with van der Waals surface area (Å²) < 4.78 is 29.3. The molecular formula is C25H25F2N5. The van der Waals surface area contributed by atoms with E-state index in [9.17, 15) is 8.78 Å². The molecule has 3 aromatic heterocycles. The molecule has 3 heterocycles. The van der Waals surface area contributed by atoms with Gasteiger partial charge in [-0.2, -0.15) is 0 Å². The van der Waals surface area contributed by atoms with Crippen molar-refractivity contribution in [2.45, 2.75) is 45.4 Å². The van der Waals surface area contributed by atoms with Crippen molar-refractivity contribution in [2.75, 3.05) is 0 Å². The van der Waals surface area contributed by atoms with E-state index in [-0.39, 0.29) is 11.0 Å². The van der Waals surface area contributed by atoms with E-state index in [0.717, 1.165) is 23.3 Å². The molecule has 1 aromatic carbocycles. The van der Waals surface area contributed by atoms with Crippen LogP contribution in [0.3, 0.4) is 0 Å². The normalized spacial score (nSPS) is 12.2. The van der Waals surface area contributed by atoms with Crippen LogP contribution in [0.25, 0.3) is 17.1 Å². The zero-order chi connectivity index (χ0) is 23.1. The maximum absolute atomic E-state index is 14.3. The molecule has 0 aliphatic rings. The van der Waals surface area contributed by atoms with E-state index in [1.807, 2.05) is 44.2 Å². The average Bonchev–Trinajstić information content (AvgIpc) is 3.25. The number of halogens is 2. The molecule has 4 aromatic rings. The van der Waals surface area contributed by atoms with Gasteiger partial charge in [-0.1, -0.05) is 32.9 Å². The Labute approximate surface area is 186 Å². The first-order valence-electron chi connectivity index (χ1n) is 10.4. The lowest BCUT2D eigenvalue weighted by Gasteiger charge is -2.24. The summed E-state index contributed by atoms with van der Waals surface area (Å²) in [6.07, 6.45) is 1.66. The Bertz CT molecular complexity index is 1270. The van der Waals surface area contributed by atoms with Crippen molar-refractivity contribution in [1.29, 1.82) is 0 Å². The molecule has 0 radical (unpaired) electrons. The molecule has 0 N–H and O–H groups in total. The topological polar surface area (TPSA) is 56.5 Å². The van der Waals surface area contributed by atoms with Crippen molar-refractivity contribution >= 4 is 0 Å². The summed E-state index contributed by atoms with van der Waals surface area (Å²) in [4.78, 5) is 13.9. The van der Waals surface area contributed by atoms with Crippen LogP contribution in [-0.4, -0.2) is 24.7 Å². The number of benzene rings is 1. The lowest BCUT2D eigenvalue weighted by molar-refractivity contribution is 0.542. The molecule has 4 rings (SSSR count). The van der Waals surface area contributed by atoms with Crippen LogP contribution in [-0.2, 0) is 10.8 Å². The van der Waals surface area contributed by atoms with Crippen LogP contribution in [0.5, 0.6) is 0 Å². The molecule has 0 aliphatic heterocycles. The Balaban J connectivity index is 1.71. The highest BCUT2D eigenvalue weighted by atomic mass is 19.1. The first-order valence-corrected chi connectivity index (χ1v) is 10.4. The third-order valence-electron chi connectivity index (χ3n) is 5.37. The fraction of sp³-hybridized carbons (Fsp3) is 0.280. The molecule has 0 aliphatic carbocycles. The Morgan fingerprint density at radius 3 is 2.16 bits per heavy atom. The predicted molar refractivity (Wildman–Crippen MR) is 120 cm³/mol. The Hall–Kier alpha value is -3.48. The lowest BCUT2D eigenvalue weighted by Crippen LogP contribution is -2.23. The third kappa shape index (κ3) is 4.15. The minimum Gasteiger partial charge on any atom is -0.252 e. The maximum atomic E-state index is 14.3. The Morgan fingerprint density at radius 2 is 1.50 bits per heavy atom. The molecule has 0 saturated heterocycles. The highest BCUT2D eigenvalue weighted by Gasteiger charge is 2.28. The van der Waals surface area contributed by atoms with Crippen molar-refractivity contribution in [3.63, 3.8) is 0 Å². The van der Waals surface area contributed by atoms with E-state index < -0.39 is 17.0 Å². The molecule has 5 nitrogen and oxygen atoms in total. The van der Waals surface area contributed by atoms with Crippen LogP contribution in [0, 0.1) is 11.6 Å². The summed E-state index contributed by atoms with van der Waals surface area (Å²) in [5.41, 5.74) is 1.46. The van der Waals surface area contributed by atoms with Crippen LogP contribution < -0.4 is 0 Å². The van der Waals surface area contributed by atoms with Gasteiger partial charge in [0.05, 0.1) is 17.1 Å². The van der Waals surface area contributed by atoms with Crippen molar-refractivity contribution in [3.8, 4) is 17.1 Å². The van der Waals surface area contributed by atoms with Gasteiger partial charge in [-0.15, -0.1) is 5.10 Å². The number of hydrogen-bond acceptors (Lipinski definition) is 4. The quantitative estimate of drug-likeness (QED) is 0.419. The number of nitrogens with zero attached hydrogens (tertiary/aromatic N) is 5. The monoisotopic (exact) mass is 433 g/mol. The molecular weight excluding hydrogens is 408 g/mol. The number of pyridine rings is 2. The largest absolute Gasteiger partial charge is 0.252 e. The zero-order valence-electron chi connectivity index (χ0n) is 18.8. The predicted octanol–water partition coefficient (Wildman–Crippen LogP) is 5.63. The summed E-state index contributed by atoms with van der Waals surface area (Å²) in [6.45, 7) is 10.2. The highest BCUT2D eigenvalue weighted by Crippen LogP contribution is 2.31. The fourth-order valence-corrected chi connectivity index (χ4v) is 3.38. The van der Waals surface area contributed by atoms with E-state index in [1.165, 1.54) is 12.1 Å². The Kier molecular flexibility index (Phi) is 5.36. The Morgan fingerprint density at radius 1 is 0.812 bits per heavy atom. The summed E-state index contributed by atoms with van der Waals surface area (Å²) in [5, 5.41) is 4.57. The summed E-state index contributed by atoms with van der Waals surface area (Å²) >= 11 is 0. The molecule has 0 spiro atoms. The van der Waals surface area contributed by atoms with Crippen molar-refractivity contribution in [3.05, 3.63) is 89.8 Å². The van der Waals surface area contributed by atoms with Gasteiger partial charge in [0, 0.05) is 22.5 Å². The van der Waals surface area contributed by atoms with Crippen LogP contribution in [0.1, 0.15) is 51.8 Å². The summed E-state index contributed by atoms with van der Waals surface area (Å²) in [6, 6.07) is 14.6. The van der Waals surface area contributed by atoms with E-state index >= 15 is 0 Å². The molecule has 0 saturated carbocycles. The van der Waals surface area contributed by atoms with Gasteiger partial charge in [-0.05, 0) is 50.2 Å². The molecule has 0 bridgehead atoms. The molecule has 7 heteroatoms. The van der Waals surface area contributed by atoms with Crippen LogP contribution in [0.2, 0.25) is 0 Å². The van der Waals surface area contributed by atoms with E-state index in [1.54, 1.807) is 17.1 Å². The second kappa shape index (κ2) is 7.89. The van der Waals surface area contributed by atoms with Crippen LogP contribution >= 0.6 is 0 Å². The van der Waals surface area contributed by atoms with Crippen LogP contribution in [0.4, 0.5) is 8.78 Å². The van der Waals surface area contributed by atoms with Gasteiger partial charge in [0.25, 0.3) is 0 Å². The van der Waals surface area contributed by atoms with Gasteiger partial charge in [0.1, 0.15) is 18.0 Å². The first-order chi connectivity index (χ1) is 15.1. The minimum atomic E-state index is -0.645. The van der Waals surface area contributed by atoms with Crippen molar-refractivity contribution in [2.24, 2.45) is 0 Å². The van der Waals surface area contributed by atoms with Crippen molar-refractivity contribution < 1.29 is 8.78 Å². The molecule has 0 atom stereocenters. The highest BCUT2D eigenvalue weighted by molar-refractivity contribution is 5.60. The van der Waals surface area contributed by atoms with E-state index in [4.69, 9.17) is 4.98 Å². The first kappa shape index (κ1) is 21.7. The fourth-order valence-electron chi connectivity index (χ4n) is 3.38. The second-order valence-electron chi connectivity index (χ2n) is 9.30. The van der Waals surface area contributed by atoms with Crippen LogP contribution in [0.15, 0.2) is 60.9 Å². The number of aromatic nitrogens is 5. The average molecular weight is 434 g/mol. The molecule has 0 unspecified atom stereocenters. The molecule has 0 amide bonds.